The third-order valence-corrected chi connectivity index (χ3v) is 9.20. The van der Waals surface area contributed by atoms with Crippen molar-refractivity contribution in [1.29, 1.82) is 0 Å². The fourth-order valence-corrected chi connectivity index (χ4v) is 7.43. The molecule has 1 heterocycles. The van der Waals surface area contributed by atoms with Gasteiger partial charge in [0.1, 0.15) is 5.75 Å². The lowest BCUT2D eigenvalue weighted by Crippen LogP contribution is -2.40. The predicted octanol–water partition coefficient (Wildman–Crippen LogP) is 7.88. The summed E-state index contributed by atoms with van der Waals surface area (Å²) in [5, 5.41) is 1.83. The first-order valence-electron chi connectivity index (χ1n) is 12.5. The van der Waals surface area contributed by atoms with Crippen molar-refractivity contribution in [3.05, 3.63) is 104 Å². The van der Waals surface area contributed by atoms with Gasteiger partial charge in [0, 0.05) is 32.8 Å². The van der Waals surface area contributed by atoms with Crippen LogP contribution in [0.3, 0.4) is 0 Å². The number of rotatable bonds is 5. The summed E-state index contributed by atoms with van der Waals surface area (Å²) >= 11 is 14.1. The Balaban J connectivity index is 1.58. The van der Waals surface area contributed by atoms with Crippen molar-refractivity contribution in [3.8, 4) is 22.7 Å². The molecule has 2 aliphatic carbocycles. The van der Waals surface area contributed by atoms with Crippen LogP contribution in [-0.2, 0) is 17.6 Å². The standard InChI is InChI=1S/C30H26Cl2N2O2S/c1-36-23-9-6-8-22(16-23)34-28(35)26-27(33-29(34)37-18-20-11-12-21(31)15-25(20)32)24-10-3-2-7-19(24)17-30(26)13-4-5-14-30/h2-3,6-12,15-16H,4-5,13-14,17-18H2,1H3. The van der Waals surface area contributed by atoms with Crippen molar-refractivity contribution in [2.75, 3.05) is 7.11 Å². The monoisotopic (exact) mass is 548 g/mol. The van der Waals surface area contributed by atoms with Crippen LogP contribution in [0.25, 0.3) is 16.9 Å². The summed E-state index contributed by atoms with van der Waals surface area (Å²) in [6.45, 7) is 0. The molecule has 1 saturated carbocycles. The Morgan fingerprint density at radius 3 is 2.62 bits per heavy atom. The molecule has 188 valence electrons. The van der Waals surface area contributed by atoms with E-state index in [1.165, 1.54) is 17.3 Å². The first-order valence-corrected chi connectivity index (χ1v) is 14.2. The molecule has 0 saturated heterocycles. The van der Waals surface area contributed by atoms with Crippen LogP contribution in [0.2, 0.25) is 10.0 Å². The zero-order valence-electron chi connectivity index (χ0n) is 20.5. The van der Waals surface area contributed by atoms with Crippen molar-refractivity contribution in [2.24, 2.45) is 0 Å². The van der Waals surface area contributed by atoms with E-state index in [1.807, 2.05) is 42.5 Å². The molecule has 1 spiro atoms. The van der Waals surface area contributed by atoms with Crippen LogP contribution < -0.4 is 10.3 Å². The van der Waals surface area contributed by atoms with E-state index in [-0.39, 0.29) is 11.0 Å². The highest BCUT2D eigenvalue weighted by atomic mass is 35.5. The number of halogens is 2. The number of hydrogen-bond donors (Lipinski definition) is 0. The van der Waals surface area contributed by atoms with Crippen molar-refractivity contribution >= 4 is 35.0 Å². The number of aromatic nitrogens is 2. The lowest BCUT2D eigenvalue weighted by atomic mass is 9.68. The van der Waals surface area contributed by atoms with Gasteiger partial charge in [0.15, 0.2) is 5.16 Å². The minimum Gasteiger partial charge on any atom is -0.497 e. The van der Waals surface area contributed by atoms with E-state index in [9.17, 15) is 4.79 Å². The third-order valence-electron chi connectivity index (χ3n) is 7.63. The maximum Gasteiger partial charge on any atom is 0.263 e. The molecule has 4 aromatic rings. The van der Waals surface area contributed by atoms with Gasteiger partial charge in [0.2, 0.25) is 0 Å². The van der Waals surface area contributed by atoms with E-state index in [0.717, 1.165) is 60.2 Å². The van der Waals surface area contributed by atoms with Gasteiger partial charge in [0.25, 0.3) is 5.56 Å². The maximum absolute atomic E-state index is 14.6. The Morgan fingerprint density at radius 1 is 1.03 bits per heavy atom. The summed E-state index contributed by atoms with van der Waals surface area (Å²) in [6.07, 6.45) is 5.17. The zero-order valence-corrected chi connectivity index (χ0v) is 22.8. The van der Waals surface area contributed by atoms with Gasteiger partial charge in [-0.05, 0) is 54.7 Å². The summed E-state index contributed by atoms with van der Waals surface area (Å²) in [4.78, 5) is 19.8. The number of thioether (sulfide) groups is 1. The predicted molar refractivity (Wildman–Crippen MR) is 152 cm³/mol. The Labute approximate surface area is 230 Å². The summed E-state index contributed by atoms with van der Waals surface area (Å²) in [5.74, 6) is 1.25. The molecule has 2 aliphatic rings. The average Bonchev–Trinajstić information content (AvgIpc) is 3.36. The second kappa shape index (κ2) is 9.86. The van der Waals surface area contributed by atoms with Gasteiger partial charge in [-0.3, -0.25) is 9.36 Å². The molecule has 3 aromatic carbocycles. The molecular weight excluding hydrogens is 523 g/mol. The third kappa shape index (κ3) is 4.37. The topological polar surface area (TPSA) is 44.1 Å². The highest BCUT2D eigenvalue weighted by Gasteiger charge is 2.44. The van der Waals surface area contributed by atoms with E-state index < -0.39 is 0 Å². The van der Waals surface area contributed by atoms with E-state index in [0.29, 0.717) is 26.7 Å². The van der Waals surface area contributed by atoms with Crippen LogP contribution >= 0.6 is 35.0 Å². The highest BCUT2D eigenvalue weighted by Crippen LogP contribution is 2.50. The lowest BCUT2D eigenvalue weighted by molar-refractivity contribution is 0.413. The molecule has 1 fully saturated rings. The number of nitrogens with zero attached hydrogens (tertiary/aromatic N) is 2. The van der Waals surface area contributed by atoms with E-state index >= 15 is 0 Å². The molecule has 0 aliphatic heterocycles. The zero-order chi connectivity index (χ0) is 25.6. The van der Waals surface area contributed by atoms with E-state index in [2.05, 4.69) is 18.2 Å². The number of hydrogen-bond acceptors (Lipinski definition) is 4. The van der Waals surface area contributed by atoms with Crippen molar-refractivity contribution < 1.29 is 4.74 Å². The molecule has 0 unspecified atom stereocenters. The molecule has 0 amide bonds. The van der Waals surface area contributed by atoms with Gasteiger partial charge >= 0.3 is 0 Å². The second-order valence-corrected chi connectivity index (χ2v) is 11.6. The summed E-state index contributed by atoms with van der Waals surface area (Å²) in [6, 6.07) is 21.5. The Morgan fingerprint density at radius 2 is 1.84 bits per heavy atom. The lowest BCUT2D eigenvalue weighted by Gasteiger charge is -2.36. The molecule has 4 nitrogen and oxygen atoms in total. The second-order valence-electron chi connectivity index (χ2n) is 9.81. The van der Waals surface area contributed by atoms with Crippen LogP contribution in [0, 0.1) is 0 Å². The number of ether oxygens (including phenoxy) is 1. The fraction of sp³-hybridized carbons (Fsp3) is 0.267. The molecule has 0 radical (unpaired) electrons. The van der Waals surface area contributed by atoms with Crippen LogP contribution in [-0.4, -0.2) is 16.7 Å². The molecule has 0 N–H and O–H groups in total. The molecule has 1 aromatic heterocycles. The summed E-state index contributed by atoms with van der Waals surface area (Å²) in [5.41, 5.74) is 5.56. The SMILES string of the molecule is COc1cccc(-n2c(SCc3ccc(Cl)cc3Cl)nc3c(c2=O)C2(CCCC2)Cc2ccccc2-3)c1. The van der Waals surface area contributed by atoms with Gasteiger partial charge in [0.05, 0.1) is 24.1 Å². The van der Waals surface area contributed by atoms with Crippen LogP contribution in [0.5, 0.6) is 5.75 Å². The average molecular weight is 550 g/mol. The molecular formula is C30H26Cl2N2O2S. The Bertz CT molecular complexity index is 1560. The molecule has 7 heteroatoms. The van der Waals surface area contributed by atoms with Crippen molar-refractivity contribution in [2.45, 2.75) is 48.4 Å². The first kappa shape index (κ1) is 24.6. The van der Waals surface area contributed by atoms with Gasteiger partial charge in [-0.1, -0.05) is 84.2 Å². The van der Waals surface area contributed by atoms with Crippen LogP contribution in [0.1, 0.15) is 42.4 Å². The fourth-order valence-electron chi connectivity index (χ4n) is 5.87. The van der Waals surface area contributed by atoms with Crippen molar-refractivity contribution in [1.82, 2.24) is 9.55 Å². The summed E-state index contributed by atoms with van der Waals surface area (Å²) in [7, 11) is 1.63. The van der Waals surface area contributed by atoms with Crippen LogP contribution in [0.15, 0.2) is 76.7 Å². The minimum atomic E-state index is -0.170. The molecule has 37 heavy (non-hydrogen) atoms. The number of benzene rings is 3. The highest BCUT2D eigenvalue weighted by molar-refractivity contribution is 7.98. The number of methoxy groups -OCH3 is 1. The first-order chi connectivity index (χ1) is 18.0. The maximum atomic E-state index is 14.6. The van der Waals surface area contributed by atoms with Gasteiger partial charge in [-0.2, -0.15) is 0 Å². The van der Waals surface area contributed by atoms with Gasteiger partial charge in [-0.25, -0.2) is 4.98 Å². The quantitative estimate of drug-likeness (QED) is 0.188. The van der Waals surface area contributed by atoms with E-state index in [4.69, 9.17) is 32.9 Å². The summed E-state index contributed by atoms with van der Waals surface area (Å²) < 4.78 is 7.26. The Hall–Kier alpha value is -2.73. The number of fused-ring (bicyclic) bond motifs is 4. The van der Waals surface area contributed by atoms with E-state index in [1.54, 1.807) is 17.7 Å². The molecule has 6 rings (SSSR count). The smallest absolute Gasteiger partial charge is 0.263 e. The van der Waals surface area contributed by atoms with Crippen LogP contribution in [0.4, 0.5) is 0 Å². The van der Waals surface area contributed by atoms with Gasteiger partial charge < -0.3 is 4.74 Å². The normalized spacial score (nSPS) is 15.4. The Kier molecular flexibility index (Phi) is 6.56. The largest absolute Gasteiger partial charge is 0.497 e. The van der Waals surface area contributed by atoms with Crippen molar-refractivity contribution in [3.63, 3.8) is 0 Å². The van der Waals surface area contributed by atoms with Gasteiger partial charge in [-0.15, -0.1) is 0 Å². The minimum absolute atomic E-state index is 0.0133. The molecule has 0 bridgehead atoms. The molecule has 0 atom stereocenters.